The van der Waals surface area contributed by atoms with Crippen molar-refractivity contribution in [3.63, 3.8) is 0 Å². The van der Waals surface area contributed by atoms with Crippen molar-refractivity contribution in [3.8, 4) is 33.4 Å². The molecule has 1 nitrogen and oxygen atoms in total. The second-order valence-electron chi connectivity index (χ2n) is 17.5. The lowest BCUT2D eigenvalue weighted by Gasteiger charge is -2.57. The Morgan fingerprint density at radius 1 is 0.431 bits per heavy atom. The van der Waals surface area contributed by atoms with Gasteiger partial charge in [0.1, 0.15) is 0 Å². The van der Waals surface area contributed by atoms with Crippen molar-refractivity contribution in [1.82, 2.24) is 0 Å². The van der Waals surface area contributed by atoms with E-state index in [1.807, 2.05) is 11.3 Å². The van der Waals surface area contributed by atoms with Gasteiger partial charge in [0.05, 0.1) is 0 Å². The van der Waals surface area contributed by atoms with Crippen LogP contribution in [0.3, 0.4) is 0 Å². The van der Waals surface area contributed by atoms with Crippen LogP contribution in [0.5, 0.6) is 0 Å². The first-order valence-electron chi connectivity index (χ1n) is 21.2. The summed E-state index contributed by atoms with van der Waals surface area (Å²) in [6.07, 6.45) is 8.57. The highest BCUT2D eigenvalue weighted by molar-refractivity contribution is 7.26. The Morgan fingerprint density at radius 3 is 1.69 bits per heavy atom. The molecule has 4 bridgehead atoms. The van der Waals surface area contributed by atoms with E-state index in [1.165, 1.54) is 114 Å². The Morgan fingerprint density at radius 2 is 0.983 bits per heavy atom. The van der Waals surface area contributed by atoms with Crippen LogP contribution in [-0.2, 0) is 5.41 Å². The van der Waals surface area contributed by atoms with E-state index < -0.39 is 0 Å². The summed E-state index contributed by atoms with van der Waals surface area (Å²) < 4.78 is 2.69. The molecule has 58 heavy (non-hydrogen) atoms. The van der Waals surface area contributed by atoms with E-state index in [1.54, 1.807) is 5.56 Å². The fourth-order valence-corrected chi connectivity index (χ4v) is 13.1. The van der Waals surface area contributed by atoms with E-state index in [0.29, 0.717) is 5.41 Å². The lowest BCUT2D eigenvalue weighted by Crippen LogP contribution is -2.48. The molecule has 4 aliphatic carbocycles. The third-order valence-corrected chi connectivity index (χ3v) is 15.2. The Bertz CT molecular complexity index is 2930. The smallest absolute Gasteiger partial charge is 0.0467 e. The summed E-state index contributed by atoms with van der Waals surface area (Å²) >= 11 is 1.90. The van der Waals surface area contributed by atoms with Crippen LogP contribution in [0.4, 0.5) is 17.1 Å². The van der Waals surface area contributed by atoms with Gasteiger partial charge in [-0.05, 0) is 154 Å². The van der Waals surface area contributed by atoms with Crippen LogP contribution in [0, 0.1) is 17.8 Å². The third kappa shape index (κ3) is 5.64. The van der Waals surface area contributed by atoms with Gasteiger partial charge in [-0.15, -0.1) is 11.3 Å². The van der Waals surface area contributed by atoms with Gasteiger partial charge >= 0.3 is 0 Å². The standard InChI is InChI=1S/C56H45NS/c1-2-10-40(11-3-1)48-17-7-12-42-13-8-18-49(54(42)48)41-22-26-45(27-23-41)57(46-28-24-44(25-29-46)56-34-37-30-38(35-56)32-39(31-37)36-56)47-15-6-14-43(33-47)50-19-9-20-52-51-16-4-5-21-53(51)58-55(50)52/h1-29,33,37-39H,30-32,34-36H2. The highest BCUT2D eigenvalue weighted by atomic mass is 32.1. The fourth-order valence-electron chi connectivity index (χ4n) is 11.9. The number of anilines is 3. The van der Waals surface area contributed by atoms with Gasteiger partial charge in [0.15, 0.2) is 0 Å². The van der Waals surface area contributed by atoms with Crippen molar-refractivity contribution in [3.05, 3.63) is 188 Å². The molecule has 1 aromatic heterocycles. The monoisotopic (exact) mass is 763 g/mol. The molecule has 0 radical (unpaired) electrons. The number of thiophene rings is 1. The second kappa shape index (κ2) is 13.6. The van der Waals surface area contributed by atoms with Gasteiger partial charge < -0.3 is 4.90 Å². The number of nitrogens with zero attached hydrogens (tertiary/aromatic N) is 1. The molecule has 1 heterocycles. The van der Waals surface area contributed by atoms with E-state index in [4.69, 9.17) is 0 Å². The minimum Gasteiger partial charge on any atom is -0.310 e. The topological polar surface area (TPSA) is 3.24 Å². The Labute approximate surface area is 345 Å². The van der Waals surface area contributed by atoms with E-state index in [9.17, 15) is 0 Å². The second-order valence-corrected chi connectivity index (χ2v) is 18.6. The minimum atomic E-state index is 0.375. The van der Waals surface area contributed by atoms with Gasteiger partial charge in [-0.1, -0.05) is 140 Å². The fraction of sp³-hybridized carbons (Fsp3) is 0.179. The van der Waals surface area contributed by atoms with Crippen LogP contribution >= 0.6 is 11.3 Å². The molecule has 4 aliphatic rings. The summed E-state index contributed by atoms with van der Waals surface area (Å²) in [5.41, 5.74) is 13.0. The van der Waals surface area contributed by atoms with Gasteiger partial charge in [0, 0.05) is 37.2 Å². The molecular weight excluding hydrogens is 719 g/mol. The molecule has 0 aliphatic heterocycles. The zero-order chi connectivity index (χ0) is 38.2. The maximum absolute atomic E-state index is 2.49. The normalized spacial score (nSPS) is 20.9. The largest absolute Gasteiger partial charge is 0.310 e. The molecule has 4 saturated carbocycles. The highest BCUT2D eigenvalue weighted by Gasteiger charge is 2.51. The van der Waals surface area contributed by atoms with Crippen LogP contribution in [0.1, 0.15) is 44.1 Å². The van der Waals surface area contributed by atoms with Crippen molar-refractivity contribution >= 4 is 59.3 Å². The quantitative estimate of drug-likeness (QED) is 0.156. The first kappa shape index (κ1) is 34.1. The lowest BCUT2D eigenvalue weighted by molar-refractivity contribution is -0.00518. The summed E-state index contributed by atoms with van der Waals surface area (Å²) in [5.74, 6) is 2.79. The molecule has 4 fully saturated rings. The van der Waals surface area contributed by atoms with E-state index in [-0.39, 0.29) is 0 Å². The van der Waals surface area contributed by atoms with E-state index in [2.05, 4.69) is 187 Å². The zero-order valence-electron chi connectivity index (χ0n) is 32.7. The first-order valence-corrected chi connectivity index (χ1v) is 22.1. The zero-order valence-corrected chi connectivity index (χ0v) is 33.5. The molecule has 0 atom stereocenters. The Hall–Kier alpha value is -5.96. The summed E-state index contributed by atoms with van der Waals surface area (Å²) in [6, 6.07) is 68.1. The third-order valence-electron chi connectivity index (χ3n) is 14.0. The number of hydrogen-bond acceptors (Lipinski definition) is 2. The molecule has 0 spiro atoms. The van der Waals surface area contributed by atoms with Crippen LogP contribution in [-0.4, -0.2) is 0 Å². The average molecular weight is 764 g/mol. The Kier molecular flexibility index (Phi) is 7.98. The van der Waals surface area contributed by atoms with Gasteiger partial charge in [0.25, 0.3) is 0 Å². The summed E-state index contributed by atoms with van der Waals surface area (Å²) in [4.78, 5) is 2.47. The van der Waals surface area contributed by atoms with Gasteiger partial charge in [0.2, 0.25) is 0 Å². The number of benzene rings is 8. The molecule has 13 rings (SSSR count). The highest BCUT2D eigenvalue weighted by Crippen LogP contribution is 2.61. The summed E-state index contributed by atoms with van der Waals surface area (Å²) in [6.45, 7) is 0. The van der Waals surface area contributed by atoms with Gasteiger partial charge in [-0.2, -0.15) is 0 Å². The van der Waals surface area contributed by atoms with Crippen LogP contribution in [0.2, 0.25) is 0 Å². The van der Waals surface area contributed by atoms with Crippen LogP contribution in [0.25, 0.3) is 64.3 Å². The first-order chi connectivity index (χ1) is 28.7. The summed E-state index contributed by atoms with van der Waals surface area (Å²) in [7, 11) is 0. The molecule has 0 unspecified atom stereocenters. The molecule has 0 N–H and O–H groups in total. The molecule has 0 saturated heterocycles. The number of hydrogen-bond donors (Lipinski definition) is 0. The number of rotatable bonds is 7. The SMILES string of the molecule is c1ccc(-c2cccc3cccc(-c4ccc(N(c5ccc(C67CC8CC(CC(C8)C6)C7)cc5)c5cccc(-c6cccc7c6sc6ccccc67)c5)cc4)c23)cc1. The minimum absolute atomic E-state index is 0.375. The predicted octanol–water partition coefficient (Wildman–Crippen LogP) is 16.1. The maximum Gasteiger partial charge on any atom is 0.0467 e. The Balaban J connectivity index is 0.972. The van der Waals surface area contributed by atoms with E-state index >= 15 is 0 Å². The van der Waals surface area contributed by atoms with Gasteiger partial charge in [-0.3, -0.25) is 0 Å². The van der Waals surface area contributed by atoms with E-state index in [0.717, 1.165) is 23.4 Å². The van der Waals surface area contributed by atoms with Crippen molar-refractivity contribution in [2.24, 2.45) is 17.8 Å². The van der Waals surface area contributed by atoms with Crippen LogP contribution < -0.4 is 4.90 Å². The summed E-state index contributed by atoms with van der Waals surface area (Å²) in [5, 5.41) is 5.22. The van der Waals surface area contributed by atoms with Crippen LogP contribution in [0.15, 0.2) is 182 Å². The van der Waals surface area contributed by atoms with Gasteiger partial charge in [-0.25, -0.2) is 0 Å². The molecule has 280 valence electrons. The molecule has 2 heteroatoms. The average Bonchev–Trinajstić information content (AvgIpc) is 3.66. The van der Waals surface area contributed by atoms with Crippen molar-refractivity contribution in [1.29, 1.82) is 0 Å². The molecule has 0 amide bonds. The molecule has 9 aromatic rings. The van der Waals surface area contributed by atoms with Crippen molar-refractivity contribution in [2.45, 2.75) is 43.9 Å². The molecular formula is C56H45NS. The maximum atomic E-state index is 2.49. The predicted molar refractivity (Wildman–Crippen MR) is 248 cm³/mol. The van der Waals surface area contributed by atoms with Crippen molar-refractivity contribution < 1.29 is 0 Å². The van der Waals surface area contributed by atoms with Crippen molar-refractivity contribution in [2.75, 3.05) is 4.90 Å². The number of fused-ring (bicyclic) bond motifs is 4. The molecule has 8 aromatic carbocycles. The lowest BCUT2D eigenvalue weighted by atomic mass is 9.48.